The topological polar surface area (TPSA) is 71.5 Å². The zero-order valence-corrected chi connectivity index (χ0v) is 14.2. The molecule has 1 aromatic rings. The molecular formula is C15H23N3O3S. The minimum absolute atomic E-state index is 0.103. The van der Waals surface area contributed by atoms with Gasteiger partial charge in [-0.1, -0.05) is 25.2 Å². The van der Waals surface area contributed by atoms with Crippen LogP contribution in [0.15, 0.2) is 0 Å². The highest BCUT2D eigenvalue weighted by molar-refractivity contribution is 7.15. The third-order valence-corrected chi connectivity index (χ3v) is 4.86. The number of hydrogen-bond acceptors (Lipinski definition) is 5. The maximum atomic E-state index is 12.5. The van der Waals surface area contributed by atoms with Gasteiger partial charge in [0.2, 0.25) is 5.91 Å². The number of thiazole rings is 1. The van der Waals surface area contributed by atoms with Gasteiger partial charge in [0.25, 0.3) is 0 Å². The number of hydrogen-bond donors (Lipinski definition) is 1. The Balaban J connectivity index is 2.03. The Morgan fingerprint density at radius 1 is 1.36 bits per heavy atom. The standard InChI is InChI=1S/C15H23N3O3S/c1-4-10(5-2)13(19)18-8-7-11-12(9-18)22-14(16-11)17-15(20)21-6-3/h10H,4-9H2,1-3H3,(H,16,17,20). The third-order valence-electron chi connectivity index (χ3n) is 3.86. The Bertz CT molecular complexity index is 540. The fraction of sp³-hybridized carbons (Fsp3) is 0.667. The van der Waals surface area contributed by atoms with E-state index in [9.17, 15) is 9.59 Å². The highest BCUT2D eigenvalue weighted by atomic mass is 32.1. The van der Waals surface area contributed by atoms with Crippen LogP contribution in [0.1, 0.15) is 44.2 Å². The lowest BCUT2D eigenvalue weighted by atomic mass is 10.0. The van der Waals surface area contributed by atoms with Gasteiger partial charge in [0.1, 0.15) is 0 Å². The third kappa shape index (κ3) is 3.76. The van der Waals surface area contributed by atoms with Crippen molar-refractivity contribution in [3.05, 3.63) is 10.6 Å². The predicted octanol–water partition coefficient (Wildman–Crippen LogP) is 3.03. The van der Waals surface area contributed by atoms with Crippen molar-refractivity contribution >= 4 is 28.5 Å². The van der Waals surface area contributed by atoms with Crippen molar-refractivity contribution in [1.29, 1.82) is 0 Å². The van der Waals surface area contributed by atoms with Crippen LogP contribution in [-0.2, 0) is 22.5 Å². The van der Waals surface area contributed by atoms with E-state index < -0.39 is 6.09 Å². The molecule has 0 saturated heterocycles. The summed E-state index contributed by atoms with van der Waals surface area (Å²) in [6.07, 6.45) is 2.00. The molecule has 7 heteroatoms. The molecule has 1 aliphatic rings. The van der Waals surface area contributed by atoms with Gasteiger partial charge in [-0.05, 0) is 19.8 Å². The van der Waals surface area contributed by atoms with Crippen molar-refractivity contribution in [2.75, 3.05) is 18.5 Å². The lowest BCUT2D eigenvalue weighted by Crippen LogP contribution is -2.39. The fourth-order valence-electron chi connectivity index (χ4n) is 2.59. The lowest BCUT2D eigenvalue weighted by Gasteiger charge is -2.29. The van der Waals surface area contributed by atoms with E-state index in [1.807, 2.05) is 4.90 Å². The number of ether oxygens (including phenoxy) is 1. The normalized spacial score (nSPS) is 13.9. The summed E-state index contributed by atoms with van der Waals surface area (Å²) >= 11 is 1.42. The Kier molecular flexibility index (Phi) is 5.76. The van der Waals surface area contributed by atoms with Crippen LogP contribution in [0.4, 0.5) is 9.93 Å². The molecule has 2 heterocycles. The number of rotatable bonds is 5. The Hall–Kier alpha value is -1.63. The molecular weight excluding hydrogens is 302 g/mol. The largest absolute Gasteiger partial charge is 0.450 e. The molecule has 0 aliphatic carbocycles. The summed E-state index contributed by atoms with van der Waals surface area (Å²) in [5.74, 6) is 0.329. The Morgan fingerprint density at radius 3 is 2.73 bits per heavy atom. The molecule has 0 radical (unpaired) electrons. The number of amides is 2. The minimum atomic E-state index is -0.487. The number of aromatic nitrogens is 1. The first-order valence-corrected chi connectivity index (χ1v) is 8.61. The molecule has 0 unspecified atom stereocenters. The molecule has 0 spiro atoms. The van der Waals surface area contributed by atoms with Gasteiger partial charge in [-0.15, -0.1) is 0 Å². The van der Waals surface area contributed by atoms with Crippen LogP contribution in [0.3, 0.4) is 0 Å². The van der Waals surface area contributed by atoms with Crippen molar-refractivity contribution in [3.63, 3.8) is 0 Å². The van der Waals surface area contributed by atoms with Crippen molar-refractivity contribution < 1.29 is 14.3 Å². The zero-order chi connectivity index (χ0) is 16.1. The number of anilines is 1. The van der Waals surface area contributed by atoms with Crippen LogP contribution >= 0.6 is 11.3 Å². The van der Waals surface area contributed by atoms with E-state index in [0.717, 1.165) is 29.8 Å². The van der Waals surface area contributed by atoms with Crippen LogP contribution in [0.25, 0.3) is 0 Å². The molecule has 2 amide bonds. The van der Waals surface area contributed by atoms with E-state index in [-0.39, 0.29) is 11.8 Å². The second-order valence-corrected chi connectivity index (χ2v) is 6.34. The number of carbonyl (C=O) groups is 2. The van der Waals surface area contributed by atoms with Gasteiger partial charge in [-0.3, -0.25) is 10.1 Å². The van der Waals surface area contributed by atoms with E-state index in [1.165, 1.54) is 11.3 Å². The van der Waals surface area contributed by atoms with E-state index >= 15 is 0 Å². The lowest BCUT2D eigenvalue weighted by molar-refractivity contribution is -0.136. The molecule has 0 bridgehead atoms. The molecule has 6 nitrogen and oxygen atoms in total. The van der Waals surface area contributed by atoms with Gasteiger partial charge in [0.05, 0.1) is 18.8 Å². The molecule has 22 heavy (non-hydrogen) atoms. The Labute approximate surface area is 134 Å². The van der Waals surface area contributed by atoms with E-state index in [0.29, 0.717) is 24.8 Å². The fourth-order valence-corrected chi connectivity index (χ4v) is 3.60. The second-order valence-electron chi connectivity index (χ2n) is 5.26. The van der Waals surface area contributed by atoms with E-state index in [1.54, 1.807) is 6.92 Å². The van der Waals surface area contributed by atoms with Gasteiger partial charge in [0.15, 0.2) is 5.13 Å². The number of fused-ring (bicyclic) bond motifs is 1. The van der Waals surface area contributed by atoms with Gasteiger partial charge in [-0.2, -0.15) is 0 Å². The van der Waals surface area contributed by atoms with Gasteiger partial charge in [-0.25, -0.2) is 9.78 Å². The van der Waals surface area contributed by atoms with Crippen LogP contribution < -0.4 is 5.32 Å². The summed E-state index contributed by atoms with van der Waals surface area (Å²) in [6, 6.07) is 0. The average Bonchev–Trinajstić information content (AvgIpc) is 2.89. The zero-order valence-electron chi connectivity index (χ0n) is 13.3. The minimum Gasteiger partial charge on any atom is -0.450 e. The maximum absolute atomic E-state index is 12.5. The van der Waals surface area contributed by atoms with Crippen LogP contribution in [0.5, 0.6) is 0 Å². The summed E-state index contributed by atoms with van der Waals surface area (Å²) in [4.78, 5) is 31.3. The van der Waals surface area contributed by atoms with Crippen LogP contribution in [0.2, 0.25) is 0 Å². The van der Waals surface area contributed by atoms with Gasteiger partial charge >= 0.3 is 6.09 Å². The summed E-state index contributed by atoms with van der Waals surface area (Å²) in [7, 11) is 0. The first kappa shape index (κ1) is 16.7. The summed E-state index contributed by atoms with van der Waals surface area (Å²) in [6.45, 7) is 7.48. The highest BCUT2D eigenvalue weighted by Gasteiger charge is 2.27. The van der Waals surface area contributed by atoms with Gasteiger partial charge in [0, 0.05) is 23.8 Å². The molecule has 0 saturated carbocycles. The van der Waals surface area contributed by atoms with E-state index in [4.69, 9.17) is 4.74 Å². The molecule has 0 atom stereocenters. The molecule has 0 aromatic carbocycles. The van der Waals surface area contributed by atoms with Crippen molar-refractivity contribution in [2.24, 2.45) is 5.92 Å². The monoisotopic (exact) mass is 325 g/mol. The van der Waals surface area contributed by atoms with Crippen LogP contribution in [0, 0.1) is 5.92 Å². The summed E-state index contributed by atoms with van der Waals surface area (Å²) < 4.78 is 4.85. The Morgan fingerprint density at radius 2 is 2.09 bits per heavy atom. The molecule has 1 aliphatic heterocycles. The van der Waals surface area contributed by atoms with Crippen molar-refractivity contribution in [3.8, 4) is 0 Å². The molecule has 122 valence electrons. The number of carbonyl (C=O) groups excluding carboxylic acids is 2. The van der Waals surface area contributed by atoms with E-state index in [2.05, 4.69) is 24.1 Å². The SMILES string of the molecule is CCOC(=O)Nc1nc2c(s1)CN(C(=O)C(CC)CC)CC2. The highest BCUT2D eigenvalue weighted by Crippen LogP contribution is 2.29. The average molecular weight is 325 g/mol. The smallest absolute Gasteiger partial charge is 0.413 e. The van der Waals surface area contributed by atoms with Crippen LogP contribution in [-0.4, -0.2) is 35.0 Å². The quantitative estimate of drug-likeness (QED) is 0.903. The molecule has 0 fully saturated rings. The number of nitrogens with zero attached hydrogens (tertiary/aromatic N) is 2. The molecule has 1 N–H and O–H groups in total. The first-order chi connectivity index (χ1) is 10.6. The van der Waals surface area contributed by atoms with Gasteiger partial charge < -0.3 is 9.64 Å². The predicted molar refractivity (Wildman–Crippen MR) is 86.0 cm³/mol. The molecule has 2 rings (SSSR count). The second kappa shape index (κ2) is 7.58. The summed E-state index contributed by atoms with van der Waals surface area (Å²) in [5, 5.41) is 3.17. The maximum Gasteiger partial charge on any atom is 0.413 e. The van der Waals surface area contributed by atoms with Crippen molar-refractivity contribution in [2.45, 2.75) is 46.6 Å². The van der Waals surface area contributed by atoms with Crippen molar-refractivity contribution in [1.82, 2.24) is 9.88 Å². The number of nitrogens with one attached hydrogen (secondary N) is 1. The molecule has 1 aromatic heterocycles. The first-order valence-electron chi connectivity index (χ1n) is 7.80. The summed E-state index contributed by atoms with van der Waals surface area (Å²) in [5.41, 5.74) is 0.977.